The summed E-state index contributed by atoms with van der Waals surface area (Å²) in [7, 11) is 0. The number of hydrogen-bond donors (Lipinski definition) is 1. The zero-order valence-electron chi connectivity index (χ0n) is 18.6. The van der Waals surface area contributed by atoms with Gasteiger partial charge in [-0.2, -0.15) is 0 Å². The highest BCUT2D eigenvalue weighted by Crippen LogP contribution is 2.24. The topological polar surface area (TPSA) is 50.2 Å². The summed E-state index contributed by atoms with van der Waals surface area (Å²) < 4.78 is 1.67. The average molecular weight is 425 g/mol. The van der Waals surface area contributed by atoms with E-state index < -0.39 is 0 Å². The van der Waals surface area contributed by atoms with Crippen LogP contribution in [0.4, 0.5) is 11.6 Å². The van der Waals surface area contributed by atoms with Gasteiger partial charge in [-0.1, -0.05) is 50.2 Å². The summed E-state index contributed by atoms with van der Waals surface area (Å²) in [5.74, 6) is 0.859. The van der Waals surface area contributed by atoms with Crippen molar-refractivity contribution in [3.63, 3.8) is 0 Å². The molecular formula is C27H28N4O. The monoisotopic (exact) mass is 424 g/mol. The molecule has 162 valence electrons. The van der Waals surface area contributed by atoms with E-state index in [0.717, 1.165) is 23.5 Å². The largest absolute Gasteiger partial charge is 0.325 e. The molecule has 5 nitrogen and oxygen atoms in total. The van der Waals surface area contributed by atoms with Gasteiger partial charge in [0.15, 0.2) is 0 Å². The molecule has 4 aromatic rings. The van der Waals surface area contributed by atoms with Crippen LogP contribution in [0.2, 0.25) is 0 Å². The van der Waals surface area contributed by atoms with Crippen molar-refractivity contribution in [1.82, 2.24) is 14.5 Å². The van der Waals surface area contributed by atoms with Crippen molar-refractivity contribution in [2.75, 3.05) is 18.4 Å². The van der Waals surface area contributed by atoms with Crippen LogP contribution >= 0.6 is 0 Å². The second kappa shape index (κ2) is 8.60. The lowest BCUT2D eigenvalue weighted by molar-refractivity contribution is 0.172. The lowest BCUT2D eigenvalue weighted by atomic mass is 10.0. The van der Waals surface area contributed by atoms with Crippen molar-refractivity contribution in [3.05, 3.63) is 94.3 Å². The number of benzene rings is 3. The molecule has 0 atom stereocenters. The molecule has 0 radical (unpaired) electrons. The standard InChI is InChI=1S/C27H28N4O/c1-19(2)21-11-14-25-24(17-21)26(32)31(23-7-4-3-5-8-23)27(29-25)28-22-12-9-20(10-13-22)18-30-15-6-16-30/h3-5,7-14,17,19H,6,15-16,18H2,1-2H3,(H,28,29). The van der Waals surface area contributed by atoms with Gasteiger partial charge in [-0.05, 0) is 73.0 Å². The highest BCUT2D eigenvalue weighted by molar-refractivity contribution is 5.81. The zero-order valence-corrected chi connectivity index (χ0v) is 18.6. The molecular weight excluding hydrogens is 396 g/mol. The van der Waals surface area contributed by atoms with Gasteiger partial charge in [0.2, 0.25) is 5.95 Å². The van der Waals surface area contributed by atoms with E-state index in [-0.39, 0.29) is 5.56 Å². The highest BCUT2D eigenvalue weighted by atomic mass is 16.1. The average Bonchev–Trinajstić information content (AvgIpc) is 2.78. The van der Waals surface area contributed by atoms with Crippen molar-refractivity contribution in [1.29, 1.82) is 0 Å². The van der Waals surface area contributed by atoms with Gasteiger partial charge in [-0.25, -0.2) is 9.55 Å². The number of fused-ring (bicyclic) bond motifs is 1. The molecule has 3 aromatic carbocycles. The Kier molecular flexibility index (Phi) is 5.50. The maximum atomic E-state index is 13.6. The molecule has 0 unspecified atom stereocenters. The van der Waals surface area contributed by atoms with Crippen molar-refractivity contribution < 1.29 is 0 Å². The summed E-state index contributed by atoms with van der Waals surface area (Å²) in [4.78, 5) is 20.9. The SMILES string of the molecule is CC(C)c1ccc2nc(Nc3ccc(CN4CCC4)cc3)n(-c3ccccc3)c(=O)c2c1. The van der Waals surface area contributed by atoms with Gasteiger partial charge < -0.3 is 5.32 Å². The Morgan fingerprint density at radius 3 is 2.38 bits per heavy atom. The Labute approximate surface area is 188 Å². The smallest absolute Gasteiger partial charge is 0.267 e. The third-order valence-corrected chi connectivity index (χ3v) is 6.14. The Morgan fingerprint density at radius 2 is 1.72 bits per heavy atom. The molecule has 1 aliphatic heterocycles. The van der Waals surface area contributed by atoms with Crippen LogP contribution in [0.5, 0.6) is 0 Å². The van der Waals surface area contributed by atoms with E-state index in [1.54, 1.807) is 4.57 Å². The molecule has 0 aliphatic carbocycles. The molecule has 32 heavy (non-hydrogen) atoms. The first-order valence-electron chi connectivity index (χ1n) is 11.3. The zero-order chi connectivity index (χ0) is 22.1. The lowest BCUT2D eigenvalue weighted by Crippen LogP contribution is -2.36. The number of aromatic nitrogens is 2. The van der Waals surface area contributed by atoms with Crippen LogP contribution in [-0.2, 0) is 6.54 Å². The summed E-state index contributed by atoms with van der Waals surface area (Å²) in [5, 5.41) is 4.02. The molecule has 1 aromatic heterocycles. The first-order chi connectivity index (χ1) is 15.6. The van der Waals surface area contributed by atoms with E-state index >= 15 is 0 Å². The fourth-order valence-corrected chi connectivity index (χ4v) is 4.08. The van der Waals surface area contributed by atoms with E-state index in [1.165, 1.54) is 25.1 Å². The van der Waals surface area contributed by atoms with Gasteiger partial charge in [0, 0.05) is 12.2 Å². The Bertz CT molecular complexity index is 1290. The molecule has 1 aliphatic rings. The Balaban J connectivity index is 1.56. The molecule has 0 saturated carbocycles. The third-order valence-electron chi connectivity index (χ3n) is 6.14. The first kappa shape index (κ1) is 20.5. The van der Waals surface area contributed by atoms with Crippen LogP contribution in [0, 0.1) is 0 Å². The fraction of sp³-hybridized carbons (Fsp3) is 0.259. The number of likely N-dealkylation sites (tertiary alicyclic amines) is 1. The van der Waals surface area contributed by atoms with Crippen LogP contribution in [0.1, 0.15) is 37.3 Å². The van der Waals surface area contributed by atoms with Gasteiger partial charge >= 0.3 is 0 Å². The minimum atomic E-state index is -0.0689. The normalized spacial score (nSPS) is 14.0. The number of para-hydroxylation sites is 1. The van der Waals surface area contributed by atoms with Crippen molar-refractivity contribution in [2.24, 2.45) is 0 Å². The lowest BCUT2D eigenvalue weighted by Gasteiger charge is -2.30. The van der Waals surface area contributed by atoms with Crippen LogP contribution in [0.3, 0.4) is 0 Å². The van der Waals surface area contributed by atoms with E-state index in [2.05, 4.69) is 54.4 Å². The molecule has 2 heterocycles. The first-order valence-corrected chi connectivity index (χ1v) is 11.3. The molecule has 0 spiro atoms. The number of nitrogens with one attached hydrogen (secondary N) is 1. The van der Waals surface area contributed by atoms with Crippen molar-refractivity contribution in [3.8, 4) is 5.69 Å². The van der Waals surface area contributed by atoms with Crippen molar-refractivity contribution in [2.45, 2.75) is 32.7 Å². The molecule has 1 N–H and O–H groups in total. The Morgan fingerprint density at radius 1 is 0.969 bits per heavy atom. The quantitative estimate of drug-likeness (QED) is 0.447. The summed E-state index contributed by atoms with van der Waals surface area (Å²) >= 11 is 0. The Hall–Kier alpha value is -3.44. The fourth-order valence-electron chi connectivity index (χ4n) is 4.08. The second-order valence-corrected chi connectivity index (χ2v) is 8.79. The predicted molar refractivity (Wildman–Crippen MR) is 131 cm³/mol. The van der Waals surface area contributed by atoms with Crippen molar-refractivity contribution >= 4 is 22.5 Å². The van der Waals surface area contributed by atoms with E-state index in [9.17, 15) is 4.79 Å². The van der Waals surface area contributed by atoms with Gasteiger partial charge in [0.25, 0.3) is 5.56 Å². The predicted octanol–water partition coefficient (Wildman–Crippen LogP) is 5.46. The summed E-state index contributed by atoms with van der Waals surface area (Å²) in [6.45, 7) is 7.62. The van der Waals surface area contributed by atoms with Crippen LogP contribution < -0.4 is 10.9 Å². The minimum absolute atomic E-state index is 0.0689. The number of anilines is 2. The summed E-state index contributed by atoms with van der Waals surface area (Å²) in [6, 6.07) is 24.1. The molecule has 5 heteroatoms. The molecule has 5 rings (SSSR count). The molecule has 1 fully saturated rings. The van der Waals surface area contributed by atoms with Gasteiger partial charge in [0.05, 0.1) is 16.6 Å². The van der Waals surface area contributed by atoms with E-state index in [1.807, 2.05) is 42.5 Å². The highest BCUT2D eigenvalue weighted by Gasteiger charge is 2.16. The van der Waals surface area contributed by atoms with E-state index in [0.29, 0.717) is 22.8 Å². The third kappa shape index (κ3) is 4.04. The van der Waals surface area contributed by atoms with E-state index in [4.69, 9.17) is 4.98 Å². The molecule has 0 amide bonds. The summed E-state index contributed by atoms with van der Waals surface area (Å²) in [6.07, 6.45) is 1.29. The second-order valence-electron chi connectivity index (χ2n) is 8.79. The van der Waals surface area contributed by atoms with Crippen LogP contribution in [0.15, 0.2) is 77.6 Å². The van der Waals surface area contributed by atoms with Gasteiger partial charge in [0.1, 0.15) is 0 Å². The maximum Gasteiger partial charge on any atom is 0.267 e. The number of hydrogen-bond acceptors (Lipinski definition) is 4. The minimum Gasteiger partial charge on any atom is -0.325 e. The molecule has 1 saturated heterocycles. The molecule has 0 bridgehead atoms. The van der Waals surface area contributed by atoms with Gasteiger partial charge in [-0.15, -0.1) is 0 Å². The number of rotatable bonds is 6. The summed E-state index contributed by atoms with van der Waals surface area (Å²) in [5.41, 5.74) is 4.76. The number of nitrogens with zero attached hydrogens (tertiary/aromatic N) is 3. The van der Waals surface area contributed by atoms with Gasteiger partial charge in [-0.3, -0.25) is 9.69 Å². The van der Waals surface area contributed by atoms with Crippen LogP contribution in [-0.4, -0.2) is 27.5 Å². The van der Waals surface area contributed by atoms with Crippen LogP contribution in [0.25, 0.3) is 16.6 Å². The maximum absolute atomic E-state index is 13.6.